The van der Waals surface area contributed by atoms with Crippen LogP contribution in [0.5, 0.6) is 0 Å². The minimum atomic E-state index is -4.40. The number of hydrogen-bond donors (Lipinski definition) is 1. The summed E-state index contributed by atoms with van der Waals surface area (Å²) in [6, 6.07) is 5.31. The molecule has 0 aliphatic heterocycles. The third kappa shape index (κ3) is 3.49. The van der Waals surface area contributed by atoms with Crippen LogP contribution in [-0.4, -0.2) is 24.8 Å². The fourth-order valence-electron chi connectivity index (χ4n) is 1.58. The highest BCUT2D eigenvalue weighted by Gasteiger charge is 2.34. The fraction of sp³-hybridized carbons (Fsp3) is 0.333. The second-order valence-corrected chi connectivity index (χ2v) is 3.47. The van der Waals surface area contributed by atoms with E-state index in [2.05, 4.69) is 6.58 Å². The van der Waals surface area contributed by atoms with E-state index in [0.29, 0.717) is 0 Å². The Morgan fingerprint density at radius 3 is 2.47 bits per heavy atom. The maximum atomic E-state index is 12.8. The molecule has 1 aromatic rings. The van der Waals surface area contributed by atoms with Crippen LogP contribution < -0.4 is 4.90 Å². The molecule has 0 radical (unpaired) electrons. The smallest absolute Gasteiger partial charge is 0.395 e. The van der Waals surface area contributed by atoms with Crippen LogP contribution in [0.4, 0.5) is 18.9 Å². The van der Waals surface area contributed by atoms with Gasteiger partial charge in [-0.25, -0.2) is 0 Å². The molecular formula is C12H14F3NO. The molecule has 1 N–H and O–H groups in total. The topological polar surface area (TPSA) is 23.5 Å². The Bertz CT molecular complexity index is 376. The van der Waals surface area contributed by atoms with Crippen molar-refractivity contribution in [2.75, 3.05) is 24.6 Å². The first-order valence-electron chi connectivity index (χ1n) is 5.13. The lowest BCUT2D eigenvalue weighted by molar-refractivity contribution is -0.137. The summed E-state index contributed by atoms with van der Waals surface area (Å²) in [5.41, 5.74) is -0.635. The van der Waals surface area contributed by atoms with E-state index < -0.39 is 11.7 Å². The number of aliphatic hydroxyl groups is 1. The van der Waals surface area contributed by atoms with Gasteiger partial charge in [-0.3, -0.25) is 0 Å². The first-order chi connectivity index (χ1) is 8.00. The van der Waals surface area contributed by atoms with Crippen molar-refractivity contribution < 1.29 is 18.3 Å². The molecule has 0 aliphatic rings. The maximum absolute atomic E-state index is 12.8. The second kappa shape index (κ2) is 5.72. The Morgan fingerprint density at radius 2 is 1.94 bits per heavy atom. The molecule has 0 saturated heterocycles. The van der Waals surface area contributed by atoms with Gasteiger partial charge in [0.15, 0.2) is 0 Å². The zero-order valence-corrected chi connectivity index (χ0v) is 9.24. The summed E-state index contributed by atoms with van der Waals surface area (Å²) in [5, 5.41) is 8.86. The van der Waals surface area contributed by atoms with Gasteiger partial charge in [0.2, 0.25) is 0 Å². The Kier molecular flexibility index (Phi) is 4.57. The minimum absolute atomic E-state index is 0.0638. The lowest BCUT2D eigenvalue weighted by Crippen LogP contribution is -2.29. The van der Waals surface area contributed by atoms with Crippen LogP contribution in [0.15, 0.2) is 36.9 Å². The van der Waals surface area contributed by atoms with Crippen molar-refractivity contribution in [2.24, 2.45) is 0 Å². The van der Waals surface area contributed by atoms with Gasteiger partial charge in [-0.2, -0.15) is 13.2 Å². The summed E-state index contributed by atoms with van der Waals surface area (Å²) >= 11 is 0. The van der Waals surface area contributed by atoms with Crippen molar-refractivity contribution in [3.63, 3.8) is 0 Å². The van der Waals surface area contributed by atoms with E-state index in [-0.39, 0.29) is 25.4 Å². The zero-order chi connectivity index (χ0) is 12.9. The third-order valence-electron chi connectivity index (χ3n) is 2.27. The number of alkyl halides is 3. The van der Waals surface area contributed by atoms with E-state index in [1.807, 2.05) is 0 Å². The number of rotatable bonds is 5. The molecule has 0 atom stereocenters. The monoisotopic (exact) mass is 245 g/mol. The summed E-state index contributed by atoms with van der Waals surface area (Å²) in [6.45, 7) is 3.68. The maximum Gasteiger partial charge on any atom is 0.418 e. The first kappa shape index (κ1) is 13.6. The number of anilines is 1. The van der Waals surface area contributed by atoms with Gasteiger partial charge in [0.25, 0.3) is 0 Å². The normalized spacial score (nSPS) is 11.3. The number of halogens is 3. The molecule has 0 heterocycles. The molecule has 1 rings (SSSR count). The molecule has 17 heavy (non-hydrogen) atoms. The Labute approximate surface area is 98.0 Å². The molecular weight excluding hydrogens is 231 g/mol. The van der Waals surface area contributed by atoms with Gasteiger partial charge in [-0.1, -0.05) is 18.2 Å². The molecule has 0 bridgehead atoms. The van der Waals surface area contributed by atoms with E-state index in [1.165, 1.54) is 29.2 Å². The summed E-state index contributed by atoms with van der Waals surface area (Å²) in [4.78, 5) is 1.44. The Hall–Kier alpha value is -1.49. The minimum Gasteiger partial charge on any atom is -0.395 e. The average Bonchev–Trinajstić information content (AvgIpc) is 2.28. The second-order valence-electron chi connectivity index (χ2n) is 3.47. The van der Waals surface area contributed by atoms with Crippen LogP contribution in [0.1, 0.15) is 5.56 Å². The molecule has 5 heteroatoms. The van der Waals surface area contributed by atoms with Crippen molar-refractivity contribution in [1.82, 2.24) is 0 Å². The van der Waals surface area contributed by atoms with Crippen molar-refractivity contribution in [1.29, 1.82) is 0 Å². The molecule has 0 spiro atoms. The highest BCUT2D eigenvalue weighted by molar-refractivity contribution is 5.55. The number of benzene rings is 1. The summed E-state index contributed by atoms with van der Waals surface area (Å²) in [6.07, 6.45) is -2.89. The summed E-state index contributed by atoms with van der Waals surface area (Å²) < 4.78 is 38.3. The molecule has 1 aromatic carbocycles. The fourth-order valence-corrected chi connectivity index (χ4v) is 1.58. The van der Waals surface area contributed by atoms with Gasteiger partial charge in [-0.15, -0.1) is 6.58 Å². The van der Waals surface area contributed by atoms with E-state index in [4.69, 9.17) is 5.11 Å². The van der Waals surface area contributed by atoms with Gasteiger partial charge in [-0.05, 0) is 12.1 Å². The average molecular weight is 245 g/mol. The number of hydrogen-bond acceptors (Lipinski definition) is 2. The highest BCUT2D eigenvalue weighted by Crippen LogP contribution is 2.36. The number of nitrogens with zero attached hydrogens (tertiary/aromatic N) is 1. The third-order valence-corrected chi connectivity index (χ3v) is 2.27. The van der Waals surface area contributed by atoms with Crippen molar-refractivity contribution >= 4 is 5.69 Å². The molecule has 0 unspecified atom stereocenters. The Balaban J connectivity index is 3.13. The van der Waals surface area contributed by atoms with Gasteiger partial charge in [0.05, 0.1) is 12.2 Å². The zero-order valence-electron chi connectivity index (χ0n) is 9.24. The van der Waals surface area contributed by atoms with Gasteiger partial charge >= 0.3 is 6.18 Å². The highest BCUT2D eigenvalue weighted by atomic mass is 19.4. The van der Waals surface area contributed by atoms with Gasteiger partial charge < -0.3 is 10.0 Å². The van der Waals surface area contributed by atoms with Crippen molar-refractivity contribution in [3.05, 3.63) is 42.5 Å². The molecule has 0 aliphatic carbocycles. The van der Waals surface area contributed by atoms with Crippen molar-refractivity contribution in [2.45, 2.75) is 6.18 Å². The van der Waals surface area contributed by atoms with E-state index in [9.17, 15) is 13.2 Å². The molecule has 0 amide bonds. The standard InChI is InChI=1S/C12H14F3NO/c1-2-7-16(8-9-17)11-6-4-3-5-10(11)12(13,14)15/h2-6,17H,1,7-9H2. The van der Waals surface area contributed by atoms with Crippen LogP contribution in [0.2, 0.25) is 0 Å². The van der Waals surface area contributed by atoms with Crippen molar-refractivity contribution in [3.8, 4) is 0 Å². The lowest BCUT2D eigenvalue weighted by Gasteiger charge is -2.25. The van der Waals surface area contributed by atoms with Crippen LogP contribution in [0.3, 0.4) is 0 Å². The number of para-hydroxylation sites is 1. The van der Waals surface area contributed by atoms with Crippen LogP contribution in [0, 0.1) is 0 Å². The largest absolute Gasteiger partial charge is 0.418 e. The van der Waals surface area contributed by atoms with Gasteiger partial charge in [0.1, 0.15) is 0 Å². The van der Waals surface area contributed by atoms with Crippen LogP contribution in [0.25, 0.3) is 0 Å². The SMILES string of the molecule is C=CCN(CCO)c1ccccc1C(F)(F)F. The molecule has 2 nitrogen and oxygen atoms in total. The predicted molar refractivity (Wildman–Crippen MR) is 60.9 cm³/mol. The predicted octanol–water partition coefficient (Wildman–Crippen LogP) is 2.69. The summed E-state index contributed by atoms with van der Waals surface area (Å²) in [5.74, 6) is 0. The molecule has 94 valence electrons. The summed E-state index contributed by atoms with van der Waals surface area (Å²) in [7, 11) is 0. The molecule has 0 fully saturated rings. The molecule has 0 saturated carbocycles. The molecule has 0 aromatic heterocycles. The lowest BCUT2D eigenvalue weighted by atomic mass is 10.1. The number of aliphatic hydroxyl groups excluding tert-OH is 1. The van der Waals surface area contributed by atoms with Gasteiger partial charge in [0, 0.05) is 18.8 Å². The first-order valence-corrected chi connectivity index (χ1v) is 5.13. The van der Waals surface area contributed by atoms with E-state index in [1.54, 1.807) is 0 Å². The Morgan fingerprint density at radius 1 is 1.29 bits per heavy atom. The van der Waals surface area contributed by atoms with Crippen LogP contribution in [-0.2, 0) is 6.18 Å². The van der Waals surface area contributed by atoms with Crippen LogP contribution >= 0.6 is 0 Å². The quantitative estimate of drug-likeness (QED) is 0.806. The van der Waals surface area contributed by atoms with E-state index >= 15 is 0 Å². The van der Waals surface area contributed by atoms with E-state index in [0.717, 1.165) is 6.07 Å².